The number of nitrogens with one attached hydrogen (secondary N) is 1. The molecule has 1 amide bonds. The fourth-order valence-electron chi connectivity index (χ4n) is 3.10. The molecule has 0 radical (unpaired) electrons. The second-order valence-electron chi connectivity index (χ2n) is 6.16. The summed E-state index contributed by atoms with van der Waals surface area (Å²) in [5, 5.41) is 11.3. The van der Waals surface area contributed by atoms with Gasteiger partial charge in [0.05, 0.1) is 0 Å². The summed E-state index contributed by atoms with van der Waals surface area (Å²) < 4.78 is 0. The number of hydrogen-bond acceptors (Lipinski definition) is 3. The minimum Gasteiger partial charge on any atom is -0.353 e. The second-order valence-corrected chi connectivity index (χ2v) is 6.16. The van der Waals surface area contributed by atoms with Gasteiger partial charge in [-0.05, 0) is 30.4 Å². The van der Waals surface area contributed by atoms with Gasteiger partial charge in [-0.15, -0.1) is 12.3 Å². The van der Waals surface area contributed by atoms with Crippen LogP contribution in [0.25, 0.3) is 0 Å². The molecule has 0 bridgehead atoms. The molecular weight excluding hydrogens is 274 g/mol. The van der Waals surface area contributed by atoms with Gasteiger partial charge in [-0.2, -0.15) is 10.2 Å². The van der Waals surface area contributed by atoms with E-state index in [0.29, 0.717) is 19.3 Å². The first-order chi connectivity index (χ1) is 10.7. The fourth-order valence-corrected chi connectivity index (χ4v) is 3.10. The van der Waals surface area contributed by atoms with Gasteiger partial charge in [-0.1, -0.05) is 24.3 Å². The SMILES string of the molecule is C#CCCC1(CCC(=O)NC2CCc3ccccc3C2)N=N1. The highest BCUT2D eigenvalue weighted by Gasteiger charge is 2.39. The van der Waals surface area contributed by atoms with Gasteiger partial charge >= 0.3 is 0 Å². The normalized spacial score (nSPS) is 20.8. The molecule has 1 atom stereocenters. The first kappa shape index (κ1) is 14.8. The Morgan fingerprint density at radius 1 is 1.32 bits per heavy atom. The van der Waals surface area contributed by atoms with Gasteiger partial charge < -0.3 is 5.32 Å². The molecule has 0 saturated carbocycles. The number of fused-ring (bicyclic) bond motifs is 1. The zero-order chi connectivity index (χ0) is 15.4. The van der Waals surface area contributed by atoms with E-state index in [-0.39, 0.29) is 17.6 Å². The molecule has 2 aliphatic rings. The lowest BCUT2D eigenvalue weighted by Gasteiger charge is -2.25. The van der Waals surface area contributed by atoms with Crippen molar-refractivity contribution in [3.05, 3.63) is 35.4 Å². The lowest BCUT2D eigenvalue weighted by molar-refractivity contribution is -0.122. The summed E-state index contributed by atoms with van der Waals surface area (Å²) in [6.07, 6.45) is 10.8. The van der Waals surface area contributed by atoms with Crippen LogP contribution in [0.2, 0.25) is 0 Å². The van der Waals surface area contributed by atoms with E-state index in [1.165, 1.54) is 11.1 Å². The monoisotopic (exact) mass is 295 g/mol. The minimum absolute atomic E-state index is 0.0989. The third-order valence-electron chi connectivity index (χ3n) is 4.52. The maximum absolute atomic E-state index is 12.1. The number of amides is 1. The van der Waals surface area contributed by atoms with Crippen LogP contribution in [0.3, 0.4) is 0 Å². The van der Waals surface area contributed by atoms with Crippen molar-refractivity contribution in [1.82, 2.24) is 5.32 Å². The summed E-state index contributed by atoms with van der Waals surface area (Å²) >= 11 is 0. The summed E-state index contributed by atoms with van der Waals surface area (Å²) in [7, 11) is 0. The summed E-state index contributed by atoms with van der Waals surface area (Å²) in [5.74, 6) is 2.70. The first-order valence-electron chi connectivity index (χ1n) is 7.94. The first-order valence-corrected chi connectivity index (χ1v) is 7.94. The highest BCUT2D eigenvalue weighted by Crippen LogP contribution is 2.37. The molecule has 4 nitrogen and oxygen atoms in total. The zero-order valence-electron chi connectivity index (χ0n) is 12.7. The van der Waals surface area contributed by atoms with Gasteiger partial charge in [-0.3, -0.25) is 4.79 Å². The molecule has 1 N–H and O–H groups in total. The van der Waals surface area contributed by atoms with Crippen LogP contribution in [-0.2, 0) is 17.6 Å². The Hall–Kier alpha value is -2.15. The van der Waals surface area contributed by atoms with E-state index in [1.54, 1.807) is 0 Å². The number of carbonyl (C=O) groups is 1. The second kappa shape index (κ2) is 6.31. The van der Waals surface area contributed by atoms with Crippen LogP contribution in [0.1, 0.15) is 43.2 Å². The van der Waals surface area contributed by atoms with Gasteiger partial charge in [0.2, 0.25) is 5.91 Å². The van der Waals surface area contributed by atoms with Crippen molar-refractivity contribution in [2.45, 2.75) is 56.7 Å². The van der Waals surface area contributed by atoms with Gasteiger partial charge in [0.25, 0.3) is 0 Å². The van der Waals surface area contributed by atoms with Crippen LogP contribution in [0.4, 0.5) is 0 Å². The molecule has 1 aliphatic heterocycles. The van der Waals surface area contributed by atoms with Gasteiger partial charge in [0.15, 0.2) is 5.66 Å². The number of nitrogens with zero attached hydrogens (tertiary/aromatic N) is 2. The summed E-state index contributed by atoms with van der Waals surface area (Å²) in [5.41, 5.74) is 2.41. The van der Waals surface area contributed by atoms with Crippen molar-refractivity contribution in [3.8, 4) is 12.3 Å². The average Bonchev–Trinajstić information content (AvgIpc) is 3.31. The number of benzene rings is 1. The molecule has 0 aromatic heterocycles. The molecule has 1 unspecified atom stereocenters. The summed E-state index contributed by atoms with van der Waals surface area (Å²) in [6, 6.07) is 8.73. The van der Waals surface area contributed by atoms with Gasteiger partial charge in [0.1, 0.15) is 0 Å². The third-order valence-corrected chi connectivity index (χ3v) is 4.52. The highest BCUT2D eigenvalue weighted by atomic mass is 16.1. The zero-order valence-corrected chi connectivity index (χ0v) is 12.7. The fraction of sp³-hybridized carbons (Fsp3) is 0.500. The Morgan fingerprint density at radius 2 is 2.09 bits per heavy atom. The number of carbonyl (C=O) groups excluding carboxylic acids is 1. The molecule has 0 spiro atoms. The van der Waals surface area contributed by atoms with E-state index >= 15 is 0 Å². The Morgan fingerprint density at radius 3 is 2.82 bits per heavy atom. The largest absolute Gasteiger partial charge is 0.353 e. The van der Waals surface area contributed by atoms with Crippen LogP contribution in [0.5, 0.6) is 0 Å². The quantitative estimate of drug-likeness (QED) is 0.806. The summed E-state index contributed by atoms with van der Waals surface area (Å²) in [4.78, 5) is 12.1. The maximum atomic E-state index is 12.1. The molecule has 22 heavy (non-hydrogen) atoms. The van der Waals surface area contributed by atoms with Crippen LogP contribution >= 0.6 is 0 Å². The van der Waals surface area contributed by atoms with Crippen molar-refractivity contribution in [1.29, 1.82) is 0 Å². The molecule has 1 aromatic carbocycles. The van der Waals surface area contributed by atoms with Crippen molar-refractivity contribution >= 4 is 5.91 Å². The van der Waals surface area contributed by atoms with Crippen LogP contribution in [0.15, 0.2) is 34.5 Å². The minimum atomic E-state index is -0.358. The number of hydrogen-bond donors (Lipinski definition) is 1. The van der Waals surface area contributed by atoms with Crippen molar-refractivity contribution in [2.75, 3.05) is 0 Å². The van der Waals surface area contributed by atoms with E-state index in [4.69, 9.17) is 6.42 Å². The Bertz CT molecular complexity index is 623. The molecule has 114 valence electrons. The third kappa shape index (κ3) is 3.54. The molecular formula is C18H21N3O. The maximum Gasteiger partial charge on any atom is 0.220 e. The van der Waals surface area contributed by atoms with Gasteiger partial charge in [-0.25, -0.2) is 0 Å². The molecule has 0 saturated heterocycles. The smallest absolute Gasteiger partial charge is 0.220 e. The van der Waals surface area contributed by atoms with Crippen molar-refractivity contribution < 1.29 is 4.79 Å². The molecule has 1 aromatic rings. The Balaban J connectivity index is 1.44. The topological polar surface area (TPSA) is 53.8 Å². The van der Waals surface area contributed by atoms with Crippen LogP contribution in [0, 0.1) is 12.3 Å². The van der Waals surface area contributed by atoms with Crippen molar-refractivity contribution in [3.63, 3.8) is 0 Å². The molecule has 1 heterocycles. The lowest BCUT2D eigenvalue weighted by Crippen LogP contribution is -2.39. The standard InChI is InChI=1S/C18H21N3O/c1-2-3-11-18(20-21-18)12-10-17(22)19-16-9-8-14-6-4-5-7-15(14)13-16/h1,4-7,16H,3,8-13H2,(H,19,22). The number of aryl methyl sites for hydroxylation is 1. The number of rotatable bonds is 6. The number of terminal acetylenes is 1. The predicted molar refractivity (Wildman–Crippen MR) is 85.3 cm³/mol. The lowest BCUT2D eigenvalue weighted by atomic mass is 9.88. The van der Waals surface area contributed by atoms with E-state index < -0.39 is 0 Å². The Labute approximate surface area is 131 Å². The van der Waals surface area contributed by atoms with E-state index in [2.05, 4.69) is 45.7 Å². The van der Waals surface area contributed by atoms with Crippen LogP contribution < -0.4 is 5.32 Å². The van der Waals surface area contributed by atoms with Crippen molar-refractivity contribution in [2.24, 2.45) is 10.2 Å². The molecule has 3 rings (SSSR count). The van der Waals surface area contributed by atoms with E-state index in [1.807, 2.05) is 0 Å². The van der Waals surface area contributed by atoms with Crippen LogP contribution in [-0.4, -0.2) is 17.6 Å². The van der Waals surface area contributed by atoms with E-state index in [0.717, 1.165) is 25.7 Å². The molecule has 1 aliphatic carbocycles. The Kier molecular flexibility index (Phi) is 4.24. The molecule has 0 fully saturated rings. The van der Waals surface area contributed by atoms with Gasteiger partial charge in [0, 0.05) is 31.7 Å². The molecule has 4 heteroatoms. The highest BCUT2D eigenvalue weighted by molar-refractivity contribution is 5.76. The summed E-state index contributed by atoms with van der Waals surface area (Å²) in [6.45, 7) is 0. The predicted octanol–water partition coefficient (Wildman–Crippen LogP) is 3.02. The average molecular weight is 295 g/mol. The van der Waals surface area contributed by atoms with E-state index in [9.17, 15) is 4.79 Å².